The van der Waals surface area contributed by atoms with E-state index in [2.05, 4.69) is 30.9 Å². The van der Waals surface area contributed by atoms with Crippen molar-refractivity contribution in [1.29, 1.82) is 0 Å². The quantitative estimate of drug-likeness (QED) is 0.592. The fraction of sp³-hybridized carbons (Fsp3) is 0.667. The standard InChI is InChI=1S/C9H18N6O/c1-4-10-7-13-8(11-5-2)15-9(14-7)12-6-16-3/h4-6H2,1-3H3,(H3,10,11,12,13,14,15). The van der Waals surface area contributed by atoms with Gasteiger partial charge in [-0.3, -0.25) is 0 Å². The van der Waals surface area contributed by atoms with Crippen LogP contribution in [0.4, 0.5) is 17.8 Å². The average Bonchev–Trinajstić information content (AvgIpc) is 2.27. The number of nitrogens with zero attached hydrogens (tertiary/aromatic N) is 3. The highest BCUT2D eigenvalue weighted by Crippen LogP contribution is 2.08. The van der Waals surface area contributed by atoms with Gasteiger partial charge in [-0.15, -0.1) is 0 Å². The summed E-state index contributed by atoms with van der Waals surface area (Å²) < 4.78 is 4.89. The van der Waals surface area contributed by atoms with Crippen LogP contribution in [0.2, 0.25) is 0 Å². The third kappa shape index (κ3) is 3.85. The monoisotopic (exact) mass is 226 g/mol. The van der Waals surface area contributed by atoms with Gasteiger partial charge in [-0.2, -0.15) is 15.0 Å². The van der Waals surface area contributed by atoms with Crippen molar-refractivity contribution in [2.75, 3.05) is 42.9 Å². The zero-order valence-corrected chi connectivity index (χ0v) is 9.87. The highest BCUT2D eigenvalue weighted by molar-refractivity contribution is 5.41. The van der Waals surface area contributed by atoms with Crippen LogP contribution in [0.25, 0.3) is 0 Å². The molecule has 7 heteroatoms. The molecule has 0 aromatic carbocycles. The fourth-order valence-electron chi connectivity index (χ4n) is 1.07. The molecular weight excluding hydrogens is 208 g/mol. The van der Waals surface area contributed by atoms with Crippen molar-refractivity contribution in [2.24, 2.45) is 0 Å². The molecule has 90 valence electrons. The summed E-state index contributed by atoms with van der Waals surface area (Å²) in [7, 11) is 1.60. The number of ether oxygens (including phenoxy) is 1. The maximum atomic E-state index is 4.89. The molecule has 1 aromatic heterocycles. The zero-order chi connectivity index (χ0) is 11.8. The van der Waals surface area contributed by atoms with Crippen LogP contribution < -0.4 is 16.0 Å². The van der Waals surface area contributed by atoms with Crippen LogP contribution >= 0.6 is 0 Å². The predicted molar refractivity (Wildman–Crippen MR) is 63.7 cm³/mol. The fourth-order valence-corrected chi connectivity index (χ4v) is 1.07. The second kappa shape index (κ2) is 6.78. The molecule has 16 heavy (non-hydrogen) atoms. The number of hydrogen-bond donors (Lipinski definition) is 3. The third-order valence-electron chi connectivity index (χ3n) is 1.68. The number of methoxy groups -OCH3 is 1. The number of nitrogens with one attached hydrogen (secondary N) is 3. The first kappa shape index (κ1) is 12.4. The molecule has 0 fully saturated rings. The topological polar surface area (TPSA) is 84.0 Å². The zero-order valence-electron chi connectivity index (χ0n) is 9.87. The molecule has 3 N–H and O–H groups in total. The van der Waals surface area contributed by atoms with E-state index in [1.165, 1.54) is 0 Å². The van der Waals surface area contributed by atoms with Gasteiger partial charge in [-0.25, -0.2) is 0 Å². The second-order valence-corrected chi connectivity index (χ2v) is 2.98. The molecule has 0 unspecified atom stereocenters. The first-order valence-corrected chi connectivity index (χ1v) is 5.26. The van der Waals surface area contributed by atoms with Gasteiger partial charge in [-0.1, -0.05) is 0 Å². The molecule has 0 aliphatic rings. The van der Waals surface area contributed by atoms with E-state index >= 15 is 0 Å². The Balaban J connectivity index is 2.80. The van der Waals surface area contributed by atoms with Gasteiger partial charge in [0, 0.05) is 20.2 Å². The van der Waals surface area contributed by atoms with Crippen LogP contribution in [-0.4, -0.2) is 41.9 Å². The molecule has 0 radical (unpaired) electrons. The molecule has 0 atom stereocenters. The van der Waals surface area contributed by atoms with E-state index < -0.39 is 0 Å². The lowest BCUT2D eigenvalue weighted by Crippen LogP contribution is -2.13. The van der Waals surface area contributed by atoms with Crippen molar-refractivity contribution in [3.05, 3.63) is 0 Å². The molecular formula is C9H18N6O. The largest absolute Gasteiger partial charge is 0.364 e. The van der Waals surface area contributed by atoms with E-state index in [4.69, 9.17) is 4.74 Å². The van der Waals surface area contributed by atoms with Gasteiger partial charge in [-0.05, 0) is 13.8 Å². The molecule has 0 saturated heterocycles. The van der Waals surface area contributed by atoms with Gasteiger partial charge in [0.15, 0.2) is 0 Å². The van der Waals surface area contributed by atoms with Crippen LogP contribution in [0, 0.1) is 0 Å². The lowest BCUT2D eigenvalue weighted by molar-refractivity contribution is 0.220. The van der Waals surface area contributed by atoms with E-state index in [9.17, 15) is 0 Å². The van der Waals surface area contributed by atoms with Gasteiger partial charge >= 0.3 is 0 Å². The van der Waals surface area contributed by atoms with E-state index in [1.807, 2.05) is 13.8 Å². The Morgan fingerprint density at radius 2 is 1.31 bits per heavy atom. The summed E-state index contributed by atoms with van der Waals surface area (Å²) in [6.45, 7) is 5.86. The highest BCUT2D eigenvalue weighted by atomic mass is 16.5. The molecule has 0 saturated carbocycles. The van der Waals surface area contributed by atoms with Crippen LogP contribution in [0.5, 0.6) is 0 Å². The summed E-state index contributed by atoms with van der Waals surface area (Å²) in [5, 5.41) is 9.01. The van der Waals surface area contributed by atoms with Crippen molar-refractivity contribution in [2.45, 2.75) is 13.8 Å². The summed E-state index contributed by atoms with van der Waals surface area (Å²) in [4.78, 5) is 12.6. The summed E-state index contributed by atoms with van der Waals surface area (Å²) in [6.07, 6.45) is 0. The second-order valence-electron chi connectivity index (χ2n) is 2.98. The van der Waals surface area contributed by atoms with Crippen molar-refractivity contribution in [3.8, 4) is 0 Å². The lowest BCUT2D eigenvalue weighted by Gasteiger charge is -2.09. The lowest BCUT2D eigenvalue weighted by atomic mass is 10.7. The smallest absolute Gasteiger partial charge is 0.231 e. The summed E-state index contributed by atoms with van der Waals surface area (Å²) in [5.41, 5.74) is 0. The molecule has 7 nitrogen and oxygen atoms in total. The minimum Gasteiger partial charge on any atom is -0.364 e. The molecule has 0 amide bonds. The first-order valence-electron chi connectivity index (χ1n) is 5.26. The van der Waals surface area contributed by atoms with Gasteiger partial charge in [0.05, 0.1) is 0 Å². The summed E-state index contributed by atoms with van der Waals surface area (Å²) in [5.74, 6) is 1.59. The number of aromatic nitrogens is 3. The summed E-state index contributed by atoms with van der Waals surface area (Å²) in [6, 6.07) is 0. The van der Waals surface area contributed by atoms with Crippen molar-refractivity contribution >= 4 is 17.8 Å². The Bertz CT molecular complexity index is 295. The number of rotatable bonds is 7. The summed E-state index contributed by atoms with van der Waals surface area (Å²) >= 11 is 0. The van der Waals surface area contributed by atoms with Gasteiger partial charge in [0.25, 0.3) is 0 Å². The predicted octanol–water partition coefficient (Wildman–Crippen LogP) is 0.751. The first-order chi connectivity index (χ1) is 7.80. The van der Waals surface area contributed by atoms with Crippen LogP contribution in [0.15, 0.2) is 0 Å². The Labute approximate surface area is 95.0 Å². The molecule has 1 aromatic rings. The van der Waals surface area contributed by atoms with E-state index in [0.29, 0.717) is 24.6 Å². The Morgan fingerprint density at radius 1 is 0.875 bits per heavy atom. The SMILES string of the molecule is CCNc1nc(NCC)nc(NCOC)n1. The Hall–Kier alpha value is -1.63. The molecule has 0 bridgehead atoms. The van der Waals surface area contributed by atoms with E-state index in [-0.39, 0.29) is 0 Å². The van der Waals surface area contributed by atoms with Crippen molar-refractivity contribution < 1.29 is 4.74 Å². The average molecular weight is 226 g/mol. The van der Waals surface area contributed by atoms with Crippen LogP contribution in [0.1, 0.15) is 13.8 Å². The van der Waals surface area contributed by atoms with Gasteiger partial charge in [0.2, 0.25) is 17.8 Å². The third-order valence-corrected chi connectivity index (χ3v) is 1.68. The maximum Gasteiger partial charge on any atom is 0.231 e. The van der Waals surface area contributed by atoms with Gasteiger partial charge in [0.1, 0.15) is 6.73 Å². The Kier molecular flexibility index (Phi) is 5.27. The van der Waals surface area contributed by atoms with Gasteiger partial charge < -0.3 is 20.7 Å². The van der Waals surface area contributed by atoms with Crippen molar-refractivity contribution in [3.63, 3.8) is 0 Å². The van der Waals surface area contributed by atoms with Crippen LogP contribution in [-0.2, 0) is 4.74 Å². The molecule has 0 spiro atoms. The minimum absolute atomic E-state index is 0.362. The highest BCUT2D eigenvalue weighted by Gasteiger charge is 2.04. The van der Waals surface area contributed by atoms with Crippen molar-refractivity contribution in [1.82, 2.24) is 15.0 Å². The number of anilines is 3. The normalized spacial score (nSPS) is 9.94. The molecule has 1 heterocycles. The minimum atomic E-state index is 0.362. The maximum absolute atomic E-state index is 4.89. The Morgan fingerprint density at radius 3 is 1.69 bits per heavy atom. The molecule has 0 aliphatic carbocycles. The number of hydrogen-bond acceptors (Lipinski definition) is 7. The van der Waals surface area contributed by atoms with Crippen LogP contribution in [0.3, 0.4) is 0 Å². The molecule has 0 aliphatic heterocycles. The molecule has 1 rings (SSSR count). The van der Waals surface area contributed by atoms with E-state index in [1.54, 1.807) is 7.11 Å². The van der Waals surface area contributed by atoms with E-state index in [0.717, 1.165) is 13.1 Å².